The third-order valence-electron chi connectivity index (χ3n) is 6.66. The molecular weight excluding hydrogens is 520 g/mol. The zero-order valence-electron chi connectivity index (χ0n) is 20.4. The van der Waals surface area contributed by atoms with Crippen molar-refractivity contribution in [3.63, 3.8) is 0 Å². The average Bonchev–Trinajstić information content (AvgIpc) is 3.50. The van der Waals surface area contributed by atoms with E-state index in [9.17, 15) is 4.39 Å². The molecule has 4 heterocycles. The van der Waals surface area contributed by atoms with Gasteiger partial charge in [-0.15, -0.1) is 0 Å². The molecule has 0 amide bonds. The fourth-order valence-corrected chi connectivity index (χ4v) is 5.98. The van der Waals surface area contributed by atoms with Crippen molar-refractivity contribution in [2.45, 2.75) is 44.6 Å². The van der Waals surface area contributed by atoms with Crippen LogP contribution in [-0.2, 0) is 11.3 Å². The maximum absolute atomic E-state index is 15.1. The van der Waals surface area contributed by atoms with E-state index < -0.39 is 12.5 Å². The fraction of sp³-hybridized carbons (Fsp3) is 0.440. The van der Waals surface area contributed by atoms with Crippen LogP contribution in [0.4, 0.5) is 14.7 Å². The van der Waals surface area contributed by atoms with Gasteiger partial charge in [-0.3, -0.25) is 14.2 Å². The van der Waals surface area contributed by atoms with Gasteiger partial charge in [-0.05, 0) is 38.0 Å². The summed E-state index contributed by atoms with van der Waals surface area (Å²) in [4.78, 5) is 16.7. The Hall–Kier alpha value is -2.89. The van der Waals surface area contributed by atoms with E-state index in [1.807, 2.05) is 22.7 Å². The first-order valence-corrected chi connectivity index (χ1v) is 13.4. The van der Waals surface area contributed by atoms with E-state index in [2.05, 4.69) is 16.3 Å². The number of alkyl halides is 1. The van der Waals surface area contributed by atoms with Crippen LogP contribution in [0.3, 0.4) is 0 Å². The van der Waals surface area contributed by atoms with Crippen LogP contribution in [0.15, 0.2) is 35.6 Å². The third kappa shape index (κ3) is 4.64. The second-order valence-corrected chi connectivity index (χ2v) is 10.8. The summed E-state index contributed by atoms with van der Waals surface area (Å²) in [6.07, 6.45) is 5.91. The number of rotatable bonds is 6. The number of aromatic nitrogens is 5. The van der Waals surface area contributed by atoms with Crippen LogP contribution >= 0.6 is 22.9 Å². The molecule has 0 unspecified atom stereocenters. The van der Waals surface area contributed by atoms with Gasteiger partial charge in [0.1, 0.15) is 23.3 Å². The van der Waals surface area contributed by atoms with Gasteiger partial charge in [0, 0.05) is 35.9 Å². The number of hydrogen-bond acceptors (Lipinski definition) is 7. The maximum Gasteiger partial charge on any atom is 0.228 e. The van der Waals surface area contributed by atoms with E-state index in [4.69, 9.17) is 26.3 Å². The standard InChI is InChI=1S/C25H26ClF2N7OS/c1-14-11-33(13-20(36-14)15-10-30-35(12-15)17-4-5-17)24-31-21(18-6-3-16(26)9-19(18)28)22-23(32-24)34(8-7-27)25(29-2)37-22/h3,6,9-10,12,14,17,20H,4-5,7-8,11,13H2,1-2H3/b29-25+/t14-,20+/m1/s1. The van der Waals surface area contributed by atoms with Gasteiger partial charge in [0.05, 0.1) is 37.1 Å². The Morgan fingerprint density at radius 1 is 1.24 bits per heavy atom. The Morgan fingerprint density at radius 2 is 2.08 bits per heavy atom. The highest BCUT2D eigenvalue weighted by molar-refractivity contribution is 7.16. The van der Waals surface area contributed by atoms with Gasteiger partial charge in [-0.25, -0.2) is 13.8 Å². The molecule has 0 bridgehead atoms. The summed E-state index contributed by atoms with van der Waals surface area (Å²) in [6, 6.07) is 4.99. The fourth-order valence-electron chi connectivity index (χ4n) is 4.76. The van der Waals surface area contributed by atoms with Crippen LogP contribution < -0.4 is 9.70 Å². The highest BCUT2D eigenvalue weighted by atomic mass is 35.5. The second kappa shape index (κ2) is 9.77. The van der Waals surface area contributed by atoms with E-state index in [0.29, 0.717) is 56.5 Å². The van der Waals surface area contributed by atoms with Gasteiger partial charge in [-0.1, -0.05) is 22.9 Å². The molecule has 37 heavy (non-hydrogen) atoms. The Bertz CT molecular complexity index is 1530. The zero-order chi connectivity index (χ0) is 25.7. The van der Waals surface area contributed by atoms with Gasteiger partial charge in [0.2, 0.25) is 5.95 Å². The van der Waals surface area contributed by atoms with Crippen LogP contribution in [0, 0.1) is 5.82 Å². The van der Waals surface area contributed by atoms with Gasteiger partial charge < -0.3 is 9.64 Å². The van der Waals surface area contributed by atoms with Crippen molar-refractivity contribution in [3.05, 3.63) is 51.8 Å². The topological polar surface area (TPSA) is 73.4 Å². The van der Waals surface area contributed by atoms with Crippen LogP contribution in [0.5, 0.6) is 0 Å². The third-order valence-corrected chi connectivity index (χ3v) is 8.06. The molecule has 0 N–H and O–H groups in total. The molecule has 1 saturated heterocycles. The lowest BCUT2D eigenvalue weighted by atomic mass is 10.1. The second-order valence-electron chi connectivity index (χ2n) is 9.42. The Morgan fingerprint density at radius 3 is 2.81 bits per heavy atom. The largest absolute Gasteiger partial charge is 0.367 e. The van der Waals surface area contributed by atoms with Crippen molar-refractivity contribution in [3.8, 4) is 11.3 Å². The minimum absolute atomic E-state index is 0.0914. The van der Waals surface area contributed by atoms with Crippen LogP contribution in [0.25, 0.3) is 21.6 Å². The summed E-state index contributed by atoms with van der Waals surface area (Å²) in [5.74, 6) is -0.0563. The first-order valence-electron chi connectivity index (χ1n) is 12.2. The van der Waals surface area contributed by atoms with Crippen molar-refractivity contribution >= 4 is 39.2 Å². The van der Waals surface area contributed by atoms with Crippen molar-refractivity contribution in [2.24, 2.45) is 4.99 Å². The summed E-state index contributed by atoms with van der Waals surface area (Å²) in [6.45, 7) is 2.58. The minimum atomic E-state index is -0.579. The Labute approximate surface area is 221 Å². The van der Waals surface area contributed by atoms with E-state index >= 15 is 4.39 Å². The van der Waals surface area contributed by atoms with Crippen molar-refractivity contribution in [1.82, 2.24) is 24.3 Å². The van der Waals surface area contributed by atoms with Crippen molar-refractivity contribution in [1.29, 1.82) is 0 Å². The maximum atomic E-state index is 15.1. The van der Waals surface area contributed by atoms with Crippen molar-refractivity contribution < 1.29 is 13.5 Å². The number of anilines is 1. The average molecular weight is 546 g/mol. The molecule has 4 aromatic rings. The van der Waals surface area contributed by atoms with E-state index in [1.165, 1.54) is 17.4 Å². The summed E-state index contributed by atoms with van der Waals surface area (Å²) < 4.78 is 39.3. The number of halogens is 3. The number of ether oxygens (including phenoxy) is 1. The highest BCUT2D eigenvalue weighted by Gasteiger charge is 2.32. The molecule has 1 aliphatic carbocycles. The number of benzene rings is 1. The molecule has 8 nitrogen and oxygen atoms in total. The molecule has 1 saturated carbocycles. The Balaban J connectivity index is 1.47. The first kappa shape index (κ1) is 24.4. The SMILES string of the molecule is C/N=c1/sc2c(-c3ccc(Cl)cc3F)nc(N3C[C@@H](C)O[C@H](c4cnn(C5CC5)c4)C3)nc2n1CCF. The number of nitrogens with zero attached hydrogens (tertiary/aromatic N) is 7. The van der Waals surface area contributed by atoms with Gasteiger partial charge in [0.15, 0.2) is 10.4 Å². The smallest absolute Gasteiger partial charge is 0.228 e. The molecule has 6 rings (SSSR count). The Kier molecular flexibility index (Phi) is 6.46. The predicted molar refractivity (Wildman–Crippen MR) is 139 cm³/mol. The van der Waals surface area contributed by atoms with E-state index in [-0.39, 0.29) is 18.8 Å². The van der Waals surface area contributed by atoms with Crippen LogP contribution in [-0.4, -0.2) is 57.2 Å². The monoisotopic (exact) mass is 545 g/mol. The molecule has 0 spiro atoms. The number of thiazole rings is 1. The van der Waals surface area contributed by atoms with E-state index in [0.717, 1.165) is 18.4 Å². The molecule has 3 aromatic heterocycles. The number of fused-ring (bicyclic) bond motifs is 1. The highest BCUT2D eigenvalue weighted by Crippen LogP contribution is 2.37. The van der Waals surface area contributed by atoms with Crippen molar-refractivity contribution in [2.75, 3.05) is 31.7 Å². The molecule has 1 aromatic carbocycles. The summed E-state index contributed by atoms with van der Waals surface area (Å²) >= 11 is 7.34. The van der Waals surface area contributed by atoms with E-state index in [1.54, 1.807) is 23.7 Å². The molecule has 2 aliphatic rings. The van der Waals surface area contributed by atoms with Gasteiger partial charge in [-0.2, -0.15) is 10.1 Å². The molecule has 2 fully saturated rings. The molecule has 0 radical (unpaired) electrons. The quantitative estimate of drug-likeness (QED) is 0.343. The summed E-state index contributed by atoms with van der Waals surface area (Å²) in [5, 5.41) is 4.82. The number of hydrogen-bond donors (Lipinski definition) is 0. The number of aryl methyl sites for hydroxylation is 1. The summed E-state index contributed by atoms with van der Waals surface area (Å²) in [5.41, 5.74) is 2.26. The summed E-state index contributed by atoms with van der Waals surface area (Å²) in [7, 11) is 1.65. The predicted octanol–water partition coefficient (Wildman–Crippen LogP) is 4.95. The zero-order valence-corrected chi connectivity index (χ0v) is 22.0. The first-order chi connectivity index (χ1) is 17.9. The molecule has 1 aliphatic heterocycles. The minimum Gasteiger partial charge on any atom is -0.367 e. The van der Waals surface area contributed by atoms with Crippen LogP contribution in [0.1, 0.15) is 37.5 Å². The molecular formula is C25H26ClF2N7OS. The van der Waals surface area contributed by atoms with Gasteiger partial charge in [0.25, 0.3) is 0 Å². The van der Waals surface area contributed by atoms with Crippen LogP contribution in [0.2, 0.25) is 5.02 Å². The molecule has 194 valence electrons. The molecule has 2 atom stereocenters. The lowest BCUT2D eigenvalue weighted by Gasteiger charge is -2.36. The van der Waals surface area contributed by atoms with Gasteiger partial charge >= 0.3 is 0 Å². The number of morpholine rings is 1. The molecule has 12 heteroatoms. The normalized spacial score (nSPS) is 20.8. The lowest BCUT2D eigenvalue weighted by molar-refractivity contribution is -0.0178. The lowest BCUT2D eigenvalue weighted by Crippen LogP contribution is -2.43.